The maximum absolute atomic E-state index is 12.5. The number of amides is 1. The number of rotatable bonds is 4. The summed E-state index contributed by atoms with van der Waals surface area (Å²) in [6, 6.07) is 13.7. The first-order valence-electron chi connectivity index (χ1n) is 10.3. The van der Waals surface area contributed by atoms with Crippen molar-refractivity contribution in [3.05, 3.63) is 58.6 Å². The molecule has 0 aliphatic carbocycles. The normalized spacial score (nSPS) is 16.4. The van der Waals surface area contributed by atoms with Crippen LogP contribution in [0.1, 0.15) is 37.3 Å². The number of ether oxygens (including phenoxy) is 2. The number of hydrogen-bond acceptors (Lipinski definition) is 4. The van der Waals surface area contributed by atoms with Crippen LogP contribution in [0.15, 0.2) is 42.5 Å². The zero-order valence-corrected chi connectivity index (χ0v) is 17.7. The summed E-state index contributed by atoms with van der Waals surface area (Å²) < 4.78 is 12.0. The largest absolute Gasteiger partial charge is 0.490 e. The van der Waals surface area contributed by atoms with E-state index in [4.69, 9.17) is 21.1 Å². The van der Waals surface area contributed by atoms with Gasteiger partial charge in [0.05, 0.1) is 19.8 Å². The lowest BCUT2D eigenvalue weighted by molar-refractivity contribution is -0.122. The van der Waals surface area contributed by atoms with Gasteiger partial charge < -0.3 is 14.8 Å². The Morgan fingerprint density at radius 2 is 2.00 bits per heavy atom. The van der Waals surface area contributed by atoms with E-state index in [-0.39, 0.29) is 5.91 Å². The molecule has 0 spiro atoms. The molecule has 0 saturated carbocycles. The van der Waals surface area contributed by atoms with Crippen molar-refractivity contribution in [2.75, 3.05) is 26.3 Å². The Morgan fingerprint density at radius 1 is 1.14 bits per heavy atom. The maximum atomic E-state index is 12.5. The lowest BCUT2D eigenvalue weighted by Crippen LogP contribution is -2.37. The molecule has 1 N–H and O–H groups in total. The van der Waals surface area contributed by atoms with Crippen molar-refractivity contribution in [2.45, 2.75) is 39.3 Å². The fourth-order valence-electron chi connectivity index (χ4n) is 3.49. The number of hydrogen-bond donors (Lipinski definition) is 1. The first kappa shape index (κ1) is 21.5. The van der Waals surface area contributed by atoms with Gasteiger partial charge in [0.15, 0.2) is 11.5 Å². The molecule has 3 rings (SSSR count). The van der Waals surface area contributed by atoms with E-state index < -0.39 is 0 Å². The van der Waals surface area contributed by atoms with Gasteiger partial charge in [0.1, 0.15) is 0 Å². The zero-order valence-electron chi connectivity index (χ0n) is 17.0. The smallest absolute Gasteiger partial charge is 0.234 e. The van der Waals surface area contributed by atoms with E-state index in [0.29, 0.717) is 44.4 Å². The van der Waals surface area contributed by atoms with E-state index in [9.17, 15) is 4.79 Å². The minimum absolute atomic E-state index is 0.0368. The van der Waals surface area contributed by atoms with Gasteiger partial charge in [0.25, 0.3) is 0 Å². The molecule has 29 heavy (non-hydrogen) atoms. The molecule has 1 aliphatic rings. The quantitative estimate of drug-likeness (QED) is 0.801. The number of carbonyl (C=O) groups excluding carboxylic acids is 1. The molecule has 5 nitrogen and oxygen atoms in total. The molecule has 1 heterocycles. The van der Waals surface area contributed by atoms with E-state index in [1.165, 1.54) is 0 Å². The van der Waals surface area contributed by atoms with Gasteiger partial charge in [0.2, 0.25) is 5.91 Å². The summed E-state index contributed by atoms with van der Waals surface area (Å²) in [6.45, 7) is 5.39. The average Bonchev–Trinajstić information content (AvgIpc) is 2.70. The van der Waals surface area contributed by atoms with Gasteiger partial charge in [-0.2, -0.15) is 0 Å². The van der Waals surface area contributed by atoms with Crippen LogP contribution in [0.3, 0.4) is 0 Å². The highest BCUT2D eigenvalue weighted by molar-refractivity contribution is 6.30. The predicted octanol–water partition coefficient (Wildman–Crippen LogP) is 4.42. The van der Waals surface area contributed by atoms with Crippen molar-refractivity contribution in [3.63, 3.8) is 0 Å². The summed E-state index contributed by atoms with van der Waals surface area (Å²) in [5.41, 5.74) is 2.09. The molecule has 0 aromatic heterocycles. The summed E-state index contributed by atoms with van der Waals surface area (Å²) in [4.78, 5) is 14.6. The van der Waals surface area contributed by atoms with Crippen LogP contribution in [0.5, 0.6) is 11.5 Å². The van der Waals surface area contributed by atoms with E-state index in [2.05, 4.69) is 10.2 Å². The van der Waals surface area contributed by atoms with Crippen LogP contribution < -0.4 is 14.8 Å². The third kappa shape index (κ3) is 6.65. The van der Waals surface area contributed by atoms with Crippen LogP contribution >= 0.6 is 11.6 Å². The Kier molecular flexibility index (Phi) is 8.20. The van der Waals surface area contributed by atoms with Gasteiger partial charge >= 0.3 is 0 Å². The van der Waals surface area contributed by atoms with Crippen LogP contribution in [-0.2, 0) is 17.9 Å². The van der Waals surface area contributed by atoms with Crippen molar-refractivity contribution in [1.29, 1.82) is 0 Å². The lowest BCUT2D eigenvalue weighted by atomic mass is 10.1. The predicted molar refractivity (Wildman–Crippen MR) is 116 cm³/mol. The highest BCUT2D eigenvalue weighted by Crippen LogP contribution is 2.33. The molecule has 0 unspecified atom stereocenters. The minimum Gasteiger partial charge on any atom is -0.490 e. The number of para-hydroxylation sites is 1. The summed E-state index contributed by atoms with van der Waals surface area (Å²) in [6.07, 6.45) is 2.91. The number of carbonyl (C=O) groups is 1. The Bertz CT molecular complexity index is 812. The maximum Gasteiger partial charge on any atom is 0.234 e. The molecule has 1 aliphatic heterocycles. The van der Waals surface area contributed by atoms with Gasteiger partial charge in [-0.3, -0.25) is 9.69 Å². The SMILES string of the molecule is CCOc1cccc2c1OCCCCCNC(=O)CN(Cc1cccc(Cl)c1)C2. The van der Waals surface area contributed by atoms with Gasteiger partial charge in [-0.05, 0) is 49.9 Å². The zero-order chi connectivity index (χ0) is 20.5. The minimum atomic E-state index is 0.0368. The van der Waals surface area contributed by atoms with E-state index in [1.54, 1.807) is 0 Å². The van der Waals surface area contributed by atoms with Crippen molar-refractivity contribution in [3.8, 4) is 11.5 Å². The van der Waals surface area contributed by atoms with E-state index in [1.807, 2.05) is 49.4 Å². The number of nitrogens with one attached hydrogen (secondary N) is 1. The topological polar surface area (TPSA) is 50.8 Å². The summed E-state index contributed by atoms with van der Waals surface area (Å²) in [7, 11) is 0. The molecule has 2 aromatic rings. The van der Waals surface area contributed by atoms with Crippen molar-refractivity contribution in [2.24, 2.45) is 0 Å². The molecule has 0 saturated heterocycles. The first-order chi connectivity index (χ1) is 14.2. The van der Waals surface area contributed by atoms with E-state index in [0.717, 1.165) is 41.9 Å². The Balaban J connectivity index is 1.88. The fraction of sp³-hybridized carbons (Fsp3) is 0.435. The van der Waals surface area contributed by atoms with Crippen LogP contribution in [0, 0.1) is 0 Å². The first-order valence-corrected chi connectivity index (χ1v) is 10.6. The van der Waals surface area contributed by atoms with Gasteiger partial charge in [0, 0.05) is 30.2 Å². The third-order valence-corrected chi connectivity index (χ3v) is 5.04. The number of fused-ring (bicyclic) bond motifs is 1. The Hall–Kier alpha value is -2.24. The standard InChI is InChI=1S/C23H29ClN2O3/c1-2-28-21-11-7-9-19-16-26(15-18-8-6-10-20(24)14-18)17-22(27)25-12-4-3-5-13-29-23(19)21/h6-11,14H,2-5,12-13,15-17H2,1H3,(H,25,27). The Labute approximate surface area is 177 Å². The second-order valence-electron chi connectivity index (χ2n) is 7.21. The molecule has 156 valence electrons. The fourth-order valence-corrected chi connectivity index (χ4v) is 3.70. The second-order valence-corrected chi connectivity index (χ2v) is 7.65. The molecule has 2 aromatic carbocycles. The molecule has 0 radical (unpaired) electrons. The van der Waals surface area contributed by atoms with Crippen LogP contribution in [-0.4, -0.2) is 37.1 Å². The third-order valence-electron chi connectivity index (χ3n) is 4.81. The highest BCUT2D eigenvalue weighted by Gasteiger charge is 2.18. The summed E-state index contributed by atoms with van der Waals surface area (Å²) in [5, 5.41) is 3.73. The molecule has 6 heteroatoms. The van der Waals surface area contributed by atoms with Gasteiger partial charge in [-0.15, -0.1) is 0 Å². The lowest BCUT2D eigenvalue weighted by Gasteiger charge is -2.24. The highest BCUT2D eigenvalue weighted by atomic mass is 35.5. The molecule has 0 atom stereocenters. The van der Waals surface area contributed by atoms with Gasteiger partial charge in [-0.1, -0.05) is 35.9 Å². The van der Waals surface area contributed by atoms with Crippen molar-refractivity contribution < 1.29 is 14.3 Å². The second kappa shape index (κ2) is 11.1. The summed E-state index contributed by atoms with van der Waals surface area (Å²) in [5.74, 6) is 1.58. The van der Waals surface area contributed by atoms with Gasteiger partial charge in [-0.25, -0.2) is 0 Å². The van der Waals surface area contributed by atoms with E-state index >= 15 is 0 Å². The monoisotopic (exact) mass is 416 g/mol. The van der Waals surface area contributed by atoms with Crippen LogP contribution in [0.25, 0.3) is 0 Å². The molecular formula is C23H29ClN2O3. The number of benzene rings is 2. The average molecular weight is 417 g/mol. The van der Waals surface area contributed by atoms with Crippen LogP contribution in [0.2, 0.25) is 5.02 Å². The summed E-state index contributed by atoms with van der Waals surface area (Å²) >= 11 is 6.16. The molecule has 1 amide bonds. The molecule has 0 fully saturated rings. The number of nitrogens with zero attached hydrogens (tertiary/aromatic N) is 1. The number of halogens is 1. The molecular weight excluding hydrogens is 388 g/mol. The molecule has 0 bridgehead atoms. The Morgan fingerprint density at radius 3 is 2.83 bits per heavy atom. The van der Waals surface area contributed by atoms with Crippen molar-refractivity contribution >= 4 is 17.5 Å². The van der Waals surface area contributed by atoms with Crippen molar-refractivity contribution in [1.82, 2.24) is 10.2 Å². The van der Waals surface area contributed by atoms with Crippen LogP contribution in [0.4, 0.5) is 0 Å².